The maximum atomic E-state index is 12.5. The van der Waals surface area contributed by atoms with Crippen molar-refractivity contribution in [3.05, 3.63) is 66.0 Å². The van der Waals surface area contributed by atoms with Gasteiger partial charge in [0.25, 0.3) is 0 Å². The van der Waals surface area contributed by atoms with E-state index < -0.39 is 0 Å². The number of hydrogen-bond acceptors (Lipinski definition) is 2. The molecule has 0 aliphatic heterocycles. The Morgan fingerprint density at radius 3 is 2.58 bits per heavy atom. The van der Waals surface area contributed by atoms with E-state index >= 15 is 0 Å². The first-order valence-corrected chi connectivity index (χ1v) is 8.45. The van der Waals surface area contributed by atoms with E-state index in [0.717, 1.165) is 35.4 Å². The van der Waals surface area contributed by atoms with E-state index in [9.17, 15) is 4.79 Å². The Morgan fingerprint density at radius 1 is 1.12 bits per heavy atom. The van der Waals surface area contributed by atoms with Gasteiger partial charge in [-0.25, -0.2) is 4.98 Å². The Morgan fingerprint density at radius 2 is 1.83 bits per heavy atom. The lowest BCUT2D eigenvalue weighted by molar-refractivity contribution is -0.122. The van der Waals surface area contributed by atoms with Gasteiger partial charge < -0.3 is 9.88 Å². The average molecular weight is 321 g/mol. The Kier molecular flexibility index (Phi) is 4.94. The number of carbonyl (C=O) groups excluding carboxylic acids is 1. The minimum absolute atomic E-state index is 0.0887. The summed E-state index contributed by atoms with van der Waals surface area (Å²) in [5.41, 5.74) is 3.18. The molecule has 0 bridgehead atoms. The van der Waals surface area contributed by atoms with E-state index in [4.69, 9.17) is 0 Å². The fourth-order valence-corrected chi connectivity index (χ4v) is 3.15. The molecule has 24 heavy (non-hydrogen) atoms. The molecule has 3 aromatic rings. The maximum Gasteiger partial charge on any atom is 0.227 e. The van der Waals surface area contributed by atoms with Crippen molar-refractivity contribution < 1.29 is 4.79 Å². The Labute approximate surface area is 142 Å². The Balaban J connectivity index is 1.65. The van der Waals surface area contributed by atoms with Crippen LogP contribution in [0.25, 0.3) is 11.0 Å². The highest BCUT2D eigenvalue weighted by Gasteiger charge is 2.18. The summed E-state index contributed by atoms with van der Waals surface area (Å²) in [6.45, 7) is 5.37. The normalized spacial score (nSPS) is 12.2. The number of fused-ring (bicyclic) bond motifs is 1. The maximum absolute atomic E-state index is 12.5. The molecule has 0 aliphatic carbocycles. The summed E-state index contributed by atoms with van der Waals surface area (Å²) < 4.78 is 2.15. The fraction of sp³-hybridized carbons (Fsp3) is 0.300. The topological polar surface area (TPSA) is 46.9 Å². The van der Waals surface area contributed by atoms with Gasteiger partial charge in [-0.3, -0.25) is 4.79 Å². The van der Waals surface area contributed by atoms with Crippen LogP contribution >= 0.6 is 0 Å². The Bertz CT molecular complexity index is 823. The molecule has 0 saturated carbocycles. The molecule has 2 aromatic carbocycles. The van der Waals surface area contributed by atoms with E-state index in [0.29, 0.717) is 6.54 Å². The second-order valence-corrected chi connectivity index (χ2v) is 5.96. The lowest BCUT2D eigenvalue weighted by Gasteiger charge is -2.16. The van der Waals surface area contributed by atoms with Crippen molar-refractivity contribution in [1.29, 1.82) is 0 Å². The third-order valence-electron chi connectivity index (χ3n) is 4.41. The van der Waals surface area contributed by atoms with Crippen LogP contribution in [0.2, 0.25) is 0 Å². The first kappa shape index (κ1) is 16.2. The molecule has 124 valence electrons. The monoisotopic (exact) mass is 321 g/mol. The van der Waals surface area contributed by atoms with Crippen LogP contribution in [0.4, 0.5) is 0 Å². The predicted octanol–water partition coefficient (Wildman–Crippen LogP) is 3.65. The van der Waals surface area contributed by atoms with Crippen LogP contribution in [-0.4, -0.2) is 22.0 Å². The predicted molar refractivity (Wildman–Crippen MR) is 97.0 cm³/mol. The largest absolute Gasteiger partial charge is 0.354 e. The highest BCUT2D eigenvalue weighted by atomic mass is 16.1. The molecule has 0 radical (unpaired) electrons. The number of imidazole rings is 1. The van der Waals surface area contributed by atoms with Crippen molar-refractivity contribution in [2.45, 2.75) is 32.7 Å². The highest BCUT2D eigenvalue weighted by molar-refractivity contribution is 5.83. The van der Waals surface area contributed by atoms with Gasteiger partial charge in [0.2, 0.25) is 5.91 Å². The van der Waals surface area contributed by atoms with Crippen LogP contribution in [0.3, 0.4) is 0 Å². The van der Waals surface area contributed by atoms with Crippen molar-refractivity contribution in [1.82, 2.24) is 14.9 Å². The molecule has 0 aliphatic rings. The van der Waals surface area contributed by atoms with E-state index in [1.54, 1.807) is 0 Å². The number of amides is 1. The van der Waals surface area contributed by atoms with Gasteiger partial charge in [0, 0.05) is 13.1 Å². The van der Waals surface area contributed by atoms with Crippen molar-refractivity contribution in [2.24, 2.45) is 0 Å². The lowest BCUT2D eigenvalue weighted by atomic mass is 9.96. The number of nitrogens with one attached hydrogen (secondary N) is 1. The van der Waals surface area contributed by atoms with Crippen molar-refractivity contribution >= 4 is 16.9 Å². The third kappa shape index (κ3) is 3.32. The van der Waals surface area contributed by atoms with Crippen LogP contribution in [0.5, 0.6) is 0 Å². The van der Waals surface area contributed by atoms with Crippen LogP contribution in [0, 0.1) is 6.92 Å². The second kappa shape index (κ2) is 7.30. The van der Waals surface area contributed by atoms with E-state index in [2.05, 4.69) is 20.9 Å². The SMILES string of the molecule is CC[C@H](C(=O)NCCn1c(C)nc2ccccc21)c1ccccc1. The lowest BCUT2D eigenvalue weighted by Crippen LogP contribution is -2.32. The number of benzene rings is 2. The summed E-state index contributed by atoms with van der Waals surface area (Å²) in [5.74, 6) is 0.971. The zero-order chi connectivity index (χ0) is 16.9. The van der Waals surface area contributed by atoms with Gasteiger partial charge in [0.05, 0.1) is 17.0 Å². The molecule has 0 unspecified atom stereocenters. The van der Waals surface area contributed by atoms with Crippen LogP contribution in [-0.2, 0) is 11.3 Å². The summed E-state index contributed by atoms with van der Waals surface area (Å²) in [4.78, 5) is 17.1. The molecular weight excluding hydrogens is 298 g/mol. The standard InChI is InChI=1S/C20H23N3O/c1-3-17(16-9-5-4-6-10-16)20(24)21-13-14-23-15(2)22-18-11-7-8-12-19(18)23/h4-12,17H,3,13-14H2,1-2H3,(H,21,24)/t17-/m0/s1. The first-order chi connectivity index (χ1) is 11.7. The zero-order valence-corrected chi connectivity index (χ0v) is 14.2. The fourth-order valence-electron chi connectivity index (χ4n) is 3.15. The minimum atomic E-state index is -0.0909. The summed E-state index contributed by atoms with van der Waals surface area (Å²) >= 11 is 0. The van der Waals surface area contributed by atoms with Gasteiger partial charge >= 0.3 is 0 Å². The first-order valence-electron chi connectivity index (χ1n) is 8.45. The van der Waals surface area contributed by atoms with Gasteiger partial charge in [-0.05, 0) is 31.0 Å². The van der Waals surface area contributed by atoms with Crippen LogP contribution in [0.1, 0.15) is 30.7 Å². The minimum Gasteiger partial charge on any atom is -0.354 e. The molecule has 4 heteroatoms. The quantitative estimate of drug-likeness (QED) is 0.753. The average Bonchev–Trinajstić information content (AvgIpc) is 2.92. The number of aromatic nitrogens is 2. The van der Waals surface area contributed by atoms with Gasteiger partial charge in [0.1, 0.15) is 5.82 Å². The van der Waals surface area contributed by atoms with E-state index in [-0.39, 0.29) is 11.8 Å². The molecule has 0 fully saturated rings. The molecular formula is C20H23N3O. The molecule has 1 amide bonds. The number of para-hydroxylation sites is 2. The summed E-state index contributed by atoms with van der Waals surface area (Å²) in [6, 6.07) is 18.0. The van der Waals surface area contributed by atoms with Gasteiger partial charge in [-0.1, -0.05) is 49.4 Å². The van der Waals surface area contributed by atoms with Gasteiger partial charge in [-0.15, -0.1) is 0 Å². The molecule has 1 aromatic heterocycles. The number of aryl methyl sites for hydroxylation is 1. The highest BCUT2D eigenvalue weighted by Crippen LogP contribution is 2.19. The second-order valence-electron chi connectivity index (χ2n) is 5.96. The summed E-state index contributed by atoms with van der Waals surface area (Å²) in [6.07, 6.45) is 0.795. The molecule has 3 rings (SSSR count). The van der Waals surface area contributed by atoms with E-state index in [1.807, 2.05) is 62.4 Å². The molecule has 0 saturated heterocycles. The van der Waals surface area contributed by atoms with Crippen LogP contribution in [0.15, 0.2) is 54.6 Å². The third-order valence-corrected chi connectivity index (χ3v) is 4.41. The Hall–Kier alpha value is -2.62. The number of rotatable bonds is 6. The zero-order valence-electron chi connectivity index (χ0n) is 14.2. The number of hydrogen-bond donors (Lipinski definition) is 1. The van der Waals surface area contributed by atoms with Gasteiger partial charge in [0.15, 0.2) is 0 Å². The van der Waals surface area contributed by atoms with Crippen molar-refractivity contribution in [3.8, 4) is 0 Å². The van der Waals surface area contributed by atoms with Gasteiger partial charge in [-0.2, -0.15) is 0 Å². The molecule has 1 heterocycles. The smallest absolute Gasteiger partial charge is 0.227 e. The van der Waals surface area contributed by atoms with E-state index in [1.165, 1.54) is 0 Å². The summed E-state index contributed by atoms with van der Waals surface area (Å²) in [7, 11) is 0. The molecule has 1 N–H and O–H groups in total. The number of nitrogens with zero attached hydrogens (tertiary/aromatic N) is 2. The molecule has 0 spiro atoms. The molecule has 4 nitrogen and oxygen atoms in total. The number of carbonyl (C=O) groups is 1. The van der Waals surface area contributed by atoms with Crippen molar-refractivity contribution in [2.75, 3.05) is 6.54 Å². The van der Waals surface area contributed by atoms with Crippen molar-refractivity contribution in [3.63, 3.8) is 0 Å². The summed E-state index contributed by atoms with van der Waals surface area (Å²) in [5, 5.41) is 3.07. The molecule has 1 atom stereocenters. The van der Waals surface area contributed by atoms with Crippen LogP contribution < -0.4 is 5.32 Å².